The fourth-order valence-corrected chi connectivity index (χ4v) is 2.43. The molecule has 0 aliphatic heterocycles. The van der Waals surface area contributed by atoms with E-state index in [1.807, 2.05) is 12.1 Å². The summed E-state index contributed by atoms with van der Waals surface area (Å²) < 4.78 is 1.28. The highest BCUT2D eigenvalue weighted by atomic mass is 35.5. The van der Waals surface area contributed by atoms with E-state index in [2.05, 4.69) is 5.10 Å². The zero-order valence-electron chi connectivity index (χ0n) is 11.8. The number of hydrogen-bond acceptors (Lipinski definition) is 5. The molecule has 6 nitrogen and oxygen atoms in total. The van der Waals surface area contributed by atoms with Crippen LogP contribution in [0.2, 0.25) is 10.0 Å². The molecule has 8 heteroatoms. The second kappa shape index (κ2) is 7.17. The van der Waals surface area contributed by atoms with Gasteiger partial charge in [0.2, 0.25) is 0 Å². The van der Waals surface area contributed by atoms with Gasteiger partial charge in [0.1, 0.15) is 29.2 Å². The van der Waals surface area contributed by atoms with Crippen LogP contribution in [0.3, 0.4) is 0 Å². The van der Waals surface area contributed by atoms with Crippen molar-refractivity contribution < 1.29 is 5.11 Å². The summed E-state index contributed by atoms with van der Waals surface area (Å²) in [4.78, 5) is 0. The van der Waals surface area contributed by atoms with Crippen LogP contribution < -0.4 is 5.73 Å². The molecule has 0 atom stereocenters. The van der Waals surface area contributed by atoms with Gasteiger partial charge in [0, 0.05) is 10.0 Å². The van der Waals surface area contributed by atoms with Gasteiger partial charge in [0.25, 0.3) is 0 Å². The summed E-state index contributed by atoms with van der Waals surface area (Å²) in [5.74, 6) is 0.0971. The van der Waals surface area contributed by atoms with Gasteiger partial charge in [-0.3, -0.25) is 0 Å². The van der Waals surface area contributed by atoms with Crippen molar-refractivity contribution in [1.82, 2.24) is 9.78 Å². The van der Waals surface area contributed by atoms with E-state index in [1.165, 1.54) is 10.8 Å². The van der Waals surface area contributed by atoms with E-state index >= 15 is 0 Å². The minimum absolute atomic E-state index is 0.0799. The highest BCUT2D eigenvalue weighted by Gasteiger charge is 2.19. The minimum atomic E-state index is -0.190. The van der Waals surface area contributed by atoms with Crippen molar-refractivity contribution in [2.75, 3.05) is 12.3 Å². The Morgan fingerprint density at radius 2 is 2.13 bits per heavy atom. The summed E-state index contributed by atoms with van der Waals surface area (Å²) >= 11 is 11.9. The van der Waals surface area contributed by atoms with E-state index in [0.29, 0.717) is 15.6 Å². The van der Waals surface area contributed by atoms with Gasteiger partial charge in [-0.15, -0.1) is 0 Å². The van der Waals surface area contributed by atoms with Gasteiger partial charge in [0.05, 0.1) is 18.7 Å². The topological polar surface area (TPSA) is 112 Å². The lowest BCUT2D eigenvalue weighted by Crippen LogP contribution is -2.07. The molecule has 0 spiro atoms. The molecule has 0 saturated carbocycles. The standard InChI is InChI=1S/C15H11Cl2N5O/c16-11-2-1-9(13(17)6-11)5-10(7-18)14-12(8-19)15(20)22(21-14)3-4-23/h1-2,5-6,23H,3-4,20H2. The summed E-state index contributed by atoms with van der Waals surface area (Å²) in [5.41, 5.74) is 6.74. The van der Waals surface area contributed by atoms with E-state index in [-0.39, 0.29) is 35.8 Å². The van der Waals surface area contributed by atoms with Crippen LogP contribution in [0.5, 0.6) is 0 Å². The predicted octanol–water partition coefficient (Wildman–Crippen LogP) is 2.70. The van der Waals surface area contributed by atoms with Gasteiger partial charge >= 0.3 is 0 Å². The van der Waals surface area contributed by atoms with Crippen molar-refractivity contribution in [3.05, 3.63) is 45.1 Å². The van der Waals surface area contributed by atoms with Crippen LogP contribution in [0.1, 0.15) is 16.8 Å². The SMILES string of the molecule is N#CC(=Cc1ccc(Cl)cc1Cl)c1nn(CCO)c(N)c1C#N. The molecule has 0 radical (unpaired) electrons. The Balaban J connectivity index is 2.58. The molecule has 0 bridgehead atoms. The Bertz CT molecular complexity index is 858. The number of halogens is 2. The number of aromatic nitrogens is 2. The summed E-state index contributed by atoms with van der Waals surface area (Å²) in [5, 5.41) is 32.6. The maximum absolute atomic E-state index is 9.40. The molecule has 23 heavy (non-hydrogen) atoms. The average Bonchev–Trinajstić information content (AvgIpc) is 2.83. The first-order chi connectivity index (χ1) is 11.0. The lowest BCUT2D eigenvalue weighted by Gasteiger charge is -2.00. The van der Waals surface area contributed by atoms with Crippen LogP contribution in [-0.2, 0) is 6.54 Å². The first-order valence-corrected chi connectivity index (χ1v) is 7.21. The number of aliphatic hydroxyl groups is 1. The molecule has 3 N–H and O–H groups in total. The third kappa shape index (κ3) is 3.46. The molecule has 1 heterocycles. The molecule has 0 unspecified atom stereocenters. The molecular weight excluding hydrogens is 337 g/mol. The molecule has 1 aromatic heterocycles. The molecule has 0 saturated heterocycles. The van der Waals surface area contributed by atoms with Gasteiger partial charge in [0.15, 0.2) is 0 Å². The van der Waals surface area contributed by atoms with Crippen molar-refractivity contribution in [2.45, 2.75) is 6.54 Å². The molecule has 0 aliphatic carbocycles. The van der Waals surface area contributed by atoms with E-state index < -0.39 is 0 Å². The maximum atomic E-state index is 9.40. The quantitative estimate of drug-likeness (QED) is 0.825. The predicted molar refractivity (Wildman–Crippen MR) is 88.4 cm³/mol. The first kappa shape index (κ1) is 16.9. The first-order valence-electron chi connectivity index (χ1n) is 6.46. The monoisotopic (exact) mass is 347 g/mol. The second-order valence-corrected chi connectivity index (χ2v) is 5.35. The van der Waals surface area contributed by atoms with Gasteiger partial charge in [-0.05, 0) is 23.8 Å². The van der Waals surface area contributed by atoms with Crippen LogP contribution in [0.4, 0.5) is 5.82 Å². The summed E-state index contributed by atoms with van der Waals surface area (Å²) in [6, 6.07) is 8.76. The number of hydrogen-bond donors (Lipinski definition) is 2. The molecule has 2 aromatic rings. The lowest BCUT2D eigenvalue weighted by molar-refractivity contribution is 0.270. The Morgan fingerprint density at radius 1 is 1.39 bits per heavy atom. The largest absolute Gasteiger partial charge is 0.394 e. The molecule has 0 aliphatic rings. The van der Waals surface area contributed by atoms with Gasteiger partial charge in [-0.25, -0.2) is 4.68 Å². The Hall–Kier alpha value is -2.51. The summed E-state index contributed by atoms with van der Waals surface area (Å²) in [6.45, 7) is -0.0638. The van der Waals surface area contributed by atoms with Gasteiger partial charge < -0.3 is 10.8 Å². The smallest absolute Gasteiger partial charge is 0.140 e. The molecular formula is C15H11Cl2N5O. The summed E-state index contributed by atoms with van der Waals surface area (Å²) in [7, 11) is 0. The van der Waals surface area contributed by atoms with Crippen molar-refractivity contribution in [3.8, 4) is 12.1 Å². The normalized spacial score (nSPS) is 11.1. The van der Waals surface area contributed by atoms with E-state index in [9.17, 15) is 10.5 Å². The zero-order valence-corrected chi connectivity index (χ0v) is 13.3. The van der Waals surface area contributed by atoms with Crippen LogP contribution in [-0.4, -0.2) is 21.5 Å². The van der Waals surface area contributed by atoms with E-state index in [0.717, 1.165) is 0 Å². The van der Waals surface area contributed by atoms with Gasteiger partial charge in [-0.1, -0.05) is 29.3 Å². The van der Waals surface area contributed by atoms with Gasteiger partial charge in [-0.2, -0.15) is 15.6 Å². The van der Waals surface area contributed by atoms with Crippen LogP contribution >= 0.6 is 23.2 Å². The molecule has 1 aromatic carbocycles. The van der Waals surface area contributed by atoms with E-state index in [4.69, 9.17) is 34.0 Å². The average molecular weight is 348 g/mol. The van der Waals surface area contributed by atoms with E-state index in [1.54, 1.807) is 18.2 Å². The van der Waals surface area contributed by atoms with Crippen molar-refractivity contribution in [3.63, 3.8) is 0 Å². The summed E-state index contributed by atoms with van der Waals surface area (Å²) in [6.07, 6.45) is 1.50. The number of nitrogens with two attached hydrogens (primary N) is 1. The van der Waals surface area contributed by atoms with Crippen LogP contribution in [0.15, 0.2) is 18.2 Å². The number of nitrogen functional groups attached to an aromatic ring is 1. The number of benzene rings is 1. The number of anilines is 1. The number of aliphatic hydroxyl groups excluding tert-OH is 1. The zero-order chi connectivity index (χ0) is 17.0. The molecule has 0 fully saturated rings. The molecule has 0 amide bonds. The fraction of sp³-hybridized carbons (Fsp3) is 0.133. The number of allylic oxidation sites excluding steroid dienone is 1. The molecule has 116 valence electrons. The molecule has 2 rings (SSSR count). The number of nitriles is 2. The fourth-order valence-electron chi connectivity index (χ4n) is 1.97. The second-order valence-electron chi connectivity index (χ2n) is 4.50. The maximum Gasteiger partial charge on any atom is 0.140 e. The Morgan fingerprint density at radius 3 is 2.70 bits per heavy atom. The Labute approximate surface area is 142 Å². The number of rotatable bonds is 4. The van der Waals surface area contributed by atoms with Crippen molar-refractivity contribution in [2.24, 2.45) is 0 Å². The van der Waals surface area contributed by atoms with Crippen LogP contribution in [0, 0.1) is 22.7 Å². The minimum Gasteiger partial charge on any atom is -0.394 e. The highest BCUT2D eigenvalue weighted by Crippen LogP contribution is 2.28. The van der Waals surface area contributed by atoms with Crippen molar-refractivity contribution >= 4 is 40.7 Å². The third-order valence-electron chi connectivity index (χ3n) is 3.05. The number of nitrogens with zero attached hydrogens (tertiary/aromatic N) is 4. The third-order valence-corrected chi connectivity index (χ3v) is 3.62. The highest BCUT2D eigenvalue weighted by molar-refractivity contribution is 6.35. The van der Waals surface area contributed by atoms with Crippen LogP contribution in [0.25, 0.3) is 11.6 Å². The van der Waals surface area contributed by atoms with Crippen molar-refractivity contribution in [1.29, 1.82) is 10.5 Å². The lowest BCUT2D eigenvalue weighted by atomic mass is 10.1. The Kier molecular flexibility index (Phi) is 5.25.